The second-order valence-corrected chi connectivity index (χ2v) is 7.05. The molecule has 29 heavy (non-hydrogen) atoms. The summed E-state index contributed by atoms with van der Waals surface area (Å²) < 4.78 is 6.71. The number of carbonyl (C=O) groups is 2. The second-order valence-electron chi connectivity index (χ2n) is 7.05. The summed E-state index contributed by atoms with van der Waals surface area (Å²) in [6.07, 6.45) is 0. The van der Waals surface area contributed by atoms with Crippen LogP contribution in [0.15, 0.2) is 60.7 Å². The summed E-state index contributed by atoms with van der Waals surface area (Å²) in [7, 11) is 0. The molecular formula is C22H24N4O3. The van der Waals surface area contributed by atoms with E-state index in [1.165, 1.54) is 0 Å². The molecule has 2 aromatic carbocycles. The van der Waals surface area contributed by atoms with E-state index in [0.717, 1.165) is 11.3 Å². The third kappa shape index (κ3) is 5.07. The van der Waals surface area contributed by atoms with Crippen molar-refractivity contribution in [1.29, 1.82) is 0 Å². The van der Waals surface area contributed by atoms with Gasteiger partial charge in [0.05, 0.1) is 5.69 Å². The van der Waals surface area contributed by atoms with Gasteiger partial charge in [0.15, 0.2) is 12.4 Å². The van der Waals surface area contributed by atoms with E-state index in [1.807, 2.05) is 81.4 Å². The molecule has 0 bridgehead atoms. The number of hydrogen-bond acceptors (Lipinski definition) is 5. The van der Waals surface area contributed by atoms with Crippen LogP contribution in [0.1, 0.15) is 31.4 Å². The van der Waals surface area contributed by atoms with Gasteiger partial charge >= 0.3 is 5.97 Å². The van der Waals surface area contributed by atoms with Crippen molar-refractivity contribution < 1.29 is 14.3 Å². The summed E-state index contributed by atoms with van der Waals surface area (Å²) in [6, 6.07) is 18.8. The molecule has 0 spiro atoms. The topological polar surface area (TPSA) is 86.1 Å². The number of rotatable bonds is 7. The average Bonchev–Trinajstić information content (AvgIpc) is 3.19. The lowest BCUT2D eigenvalue weighted by Crippen LogP contribution is -2.38. The summed E-state index contributed by atoms with van der Waals surface area (Å²) >= 11 is 0. The van der Waals surface area contributed by atoms with Crippen molar-refractivity contribution >= 4 is 11.9 Å². The maximum Gasteiger partial charge on any atom is 0.378 e. The molecule has 0 unspecified atom stereocenters. The van der Waals surface area contributed by atoms with Crippen molar-refractivity contribution in [3.63, 3.8) is 0 Å². The zero-order valence-electron chi connectivity index (χ0n) is 16.7. The van der Waals surface area contributed by atoms with Crippen molar-refractivity contribution in [1.82, 2.24) is 20.1 Å². The van der Waals surface area contributed by atoms with Crippen LogP contribution >= 0.6 is 0 Å². The highest BCUT2D eigenvalue weighted by Gasteiger charge is 2.21. The van der Waals surface area contributed by atoms with E-state index >= 15 is 0 Å². The summed E-state index contributed by atoms with van der Waals surface area (Å²) in [6.45, 7) is 5.53. The molecule has 0 fully saturated rings. The van der Waals surface area contributed by atoms with E-state index in [2.05, 4.69) is 15.4 Å². The van der Waals surface area contributed by atoms with Crippen LogP contribution in [0, 0.1) is 5.92 Å². The van der Waals surface area contributed by atoms with Gasteiger partial charge in [-0.05, 0) is 25.0 Å². The van der Waals surface area contributed by atoms with Crippen LogP contribution in [0.5, 0.6) is 0 Å². The Morgan fingerprint density at radius 2 is 1.62 bits per heavy atom. The minimum Gasteiger partial charge on any atom is -0.450 e. The first kappa shape index (κ1) is 20.3. The molecule has 1 atom stereocenters. The highest BCUT2D eigenvalue weighted by molar-refractivity contribution is 5.88. The summed E-state index contributed by atoms with van der Waals surface area (Å²) in [5.41, 5.74) is 1.58. The van der Waals surface area contributed by atoms with Gasteiger partial charge in [-0.15, -0.1) is 5.10 Å². The first-order valence-corrected chi connectivity index (χ1v) is 9.50. The van der Waals surface area contributed by atoms with Gasteiger partial charge in [-0.2, -0.15) is 0 Å². The van der Waals surface area contributed by atoms with Gasteiger partial charge in [-0.25, -0.2) is 14.5 Å². The smallest absolute Gasteiger partial charge is 0.378 e. The van der Waals surface area contributed by atoms with Crippen molar-refractivity contribution in [2.75, 3.05) is 6.61 Å². The lowest BCUT2D eigenvalue weighted by molar-refractivity contribution is -0.125. The Balaban J connectivity index is 1.80. The van der Waals surface area contributed by atoms with E-state index in [-0.39, 0.29) is 30.3 Å². The second kappa shape index (κ2) is 9.14. The molecule has 7 nitrogen and oxygen atoms in total. The fourth-order valence-electron chi connectivity index (χ4n) is 2.58. The molecule has 1 N–H and O–H groups in total. The summed E-state index contributed by atoms with van der Waals surface area (Å²) in [5, 5.41) is 7.12. The van der Waals surface area contributed by atoms with Crippen LogP contribution in [0.4, 0.5) is 0 Å². The molecule has 1 aromatic heterocycles. The number of esters is 1. The molecule has 0 saturated heterocycles. The molecule has 0 aliphatic rings. The van der Waals surface area contributed by atoms with Gasteiger partial charge in [0.25, 0.3) is 11.7 Å². The van der Waals surface area contributed by atoms with E-state index in [4.69, 9.17) is 4.74 Å². The first-order valence-electron chi connectivity index (χ1n) is 9.50. The number of ether oxygens (including phenoxy) is 1. The molecule has 0 saturated carbocycles. The summed E-state index contributed by atoms with van der Waals surface area (Å²) in [4.78, 5) is 28.8. The maximum absolute atomic E-state index is 12.5. The Labute approximate surface area is 169 Å². The largest absolute Gasteiger partial charge is 0.450 e. The Kier molecular flexibility index (Phi) is 6.39. The van der Waals surface area contributed by atoms with E-state index in [9.17, 15) is 9.59 Å². The van der Waals surface area contributed by atoms with Crippen LogP contribution in [-0.4, -0.2) is 39.3 Å². The van der Waals surface area contributed by atoms with E-state index < -0.39 is 5.97 Å². The molecule has 0 aliphatic carbocycles. The van der Waals surface area contributed by atoms with E-state index in [0.29, 0.717) is 5.82 Å². The monoisotopic (exact) mass is 392 g/mol. The van der Waals surface area contributed by atoms with Crippen molar-refractivity contribution in [2.45, 2.75) is 26.8 Å². The predicted molar refractivity (Wildman–Crippen MR) is 110 cm³/mol. The fourth-order valence-corrected chi connectivity index (χ4v) is 2.58. The number of amides is 1. The van der Waals surface area contributed by atoms with Crippen molar-refractivity contribution in [3.8, 4) is 17.1 Å². The van der Waals surface area contributed by atoms with Crippen LogP contribution < -0.4 is 5.32 Å². The number of para-hydroxylation sites is 1. The average molecular weight is 392 g/mol. The minimum absolute atomic E-state index is 0.0127. The van der Waals surface area contributed by atoms with Crippen LogP contribution in [0.25, 0.3) is 17.1 Å². The number of nitrogens with one attached hydrogen (secondary N) is 1. The highest BCUT2D eigenvalue weighted by Crippen LogP contribution is 2.21. The molecule has 7 heteroatoms. The standard InChI is InChI=1S/C22H24N4O3/c1-15(2)16(3)23-19(27)14-29-22(28)20-24-21(17-10-6-4-7-11-17)26(25-20)18-12-8-5-9-13-18/h4-13,15-16H,14H2,1-3H3,(H,23,27)/t16-/m0/s1. The number of hydrogen-bond donors (Lipinski definition) is 1. The quantitative estimate of drug-likeness (QED) is 0.624. The van der Waals surface area contributed by atoms with Crippen molar-refractivity contribution in [2.24, 2.45) is 5.92 Å². The molecule has 1 amide bonds. The maximum atomic E-state index is 12.5. The van der Waals surface area contributed by atoms with Crippen LogP contribution in [0.3, 0.4) is 0 Å². The Morgan fingerprint density at radius 3 is 2.24 bits per heavy atom. The molecule has 3 aromatic rings. The lowest BCUT2D eigenvalue weighted by atomic mass is 10.1. The van der Waals surface area contributed by atoms with Crippen LogP contribution in [-0.2, 0) is 9.53 Å². The number of carbonyl (C=O) groups excluding carboxylic acids is 2. The Morgan fingerprint density at radius 1 is 1.00 bits per heavy atom. The Hall–Kier alpha value is -3.48. The number of benzene rings is 2. The molecule has 0 radical (unpaired) electrons. The Bertz CT molecular complexity index is 911. The van der Waals surface area contributed by atoms with Gasteiger partial charge in [0.2, 0.25) is 0 Å². The SMILES string of the molecule is CC(C)[C@H](C)NC(=O)COC(=O)c1nc(-c2ccccc2)n(-c2ccccc2)n1. The lowest BCUT2D eigenvalue weighted by Gasteiger charge is -2.16. The minimum atomic E-state index is -0.746. The zero-order chi connectivity index (χ0) is 20.8. The zero-order valence-corrected chi connectivity index (χ0v) is 16.7. The van der Waals surface area contributed by atoms with Gasteiger partial charge in [-0.1, -0.05) is 62.4 Å². The van der Waals surface area contributed by atoms with Gasteiger partial charge in [0.1, 0.15) is 0 Å². The number of nitrogens with zero attached hydrogens (tertiary/aromatic N) is 3. The predicted octanol–water partition coefficient (Wildman–Crippen LogP) is 3.25. The van der Waals surface area contributed by atoms with Gasteiger partial charge < -0.3 is 10.1 Å². The highest BCUT2D eigenvalue weighted by atomic mass is 16.5. The molecule has 1 heterocycles. The molecular weight excluding hydrogens is 368 g/mol. The first-order chi connectivity index (χ1) is 14.0. The van der Waals surface area contributed by atoms with E-state index in [1.54, 1.807) is 4.68 Å². The van der Waals surface area contributed by atoms with Gasteiger partial charge in [-0.3, -0.25) is 4.79 Å². The normalized spacial score (nSPS) is 11.9. The molecule has 0 aliphatic heterocycles. The summed E-state index contributed by atoms with van der Waals surface area (Å²) in [5.74, 6) is -0.403. The van der Waals surface area contributed by atoms with Gasteiger partial charge in [0, 0.05) is 11.6 Å². The number of aromatic nitrogens is 3. The fraction of sp³-hybridized carbons (Fsp3) is 0.273. The van der Waals surface area contributed by atoms with Crippen LogP contribution in [0.2, 0.25) is 0 Å². The third-order valence-electron chi connectivity index (χ3n) is 4.55. The molecule has 3 rings (SSSR count). The van der Waals surface area contributed by atoms with Crippen molar-refractivity contribution in [3.05, 3.63) is 66.5 Å². The molecule has 150 valence electrons. The third-order valence-corrected chi connectivity index (χ3v) is 4.55.